The van der Waals surface area contributed by atoms with E-state index in [1.165, 1.54) is 6.07 Å². The average molecular weight is 451 g/mol. The summed E-state index contributed by atoms with van der Waals surface area (Å²) in [5.41, 5.74) is 1.06. The molecule has 4 nitrogen and oxygen atoms in total. The van der Waals surface area contributed by atoms with Crippen molar-refractivity contribution in [1.29, 1.82) is 0 Å². The fraction of sp³-hybridized carbons (Fsp3) is 0.0526. The summed E-state index contributed by atoms with van der Waals surface area (Å²) in [6.07, 6.45) is 0. The van der Waals surface area contributed by atoms with Crippen LogP contribution >= 0.6 is 27.3 Å². The van der Waals surface area contributed by atoms with Gasteiger partial charge in [0.25, 0.3) is 0 Å². The van der Waals surface area contributed by atoms with Crippen LogP contribution in [0.25, 0.3) is 16.1 Å². The van der Waals surface area contributed by atoms with Crippen molar-refractivity contribution in [1.82, 2.24) is 4.98 Å². The van der Waals surface area contributed by atoms with Crippen LogP contribution in [-0.4, -0.2) is 16.1 Å². The van der Waals surface area contributed by atoms with Gasteiger partial charge in [-0.1, -0.05) is 46.0 Å². The van der Waals surface area contributed by atoms with Crippen LogP contribution in [0.2, 0.25) is 0 Å². The predicted molar refractivity (Wildman–Crippen MR) is 106 cm³/mol. The molecule has 0 unspecified atom stereocenters. The lowest BCUT2D eigenvalue weighted by Gasteiger charge is -2.09. The van der Waals surface area contributed by atoms with Crippen molar-refractivity contribution in [2.24, 2.45) is 0 Å². The van der Waals surface area contributed by atoms with Crippen LogP contribution in [-0.2, 0) is 0 Å². The molecule has 27 heavy (non-hydrogen) atoms. The van der Waals surface area contributed by atoms with Crippen molar-refractivity contribution >= 4 is 44.1 Å². The van der Waals surface area contributed by atoms with Gasteiger partial charge in [0.1, 0.15) is 11.6 Å². The standard InChI is InChI=1S/C19H13BrF2N2O2S/c1-9-6-7-11(20)8-12(9)17-16(18(25)26)24-19(27-17)23-10(2)15-13(21)4-3-5-14(15)22/h3-8H,2H2,1H3,(H,23,24)(H,25,26). The number of anilines is 1. The molecular formula is C19H13BrF2N2O2S. The third-order valence-corrected chi connectivity index (χ3v) is 5.29. The first-order valence-electron chi connectivity index (χ1n) is 7.69. The minimum atomic E-state index is -1.20. The van der Waals surface area contributed by atoms with Crippen molar-refractivity contribution in [3.8, 4) is 10.4 Å². The maximum Gasteiger partial charge on any atom is 0.356 e. The Kier molecular flexibility index (Phi) is 5.38. The summed E-state index contributed by atoms with van der Waals surface area (Å²) < 4.78 is 28.6. The maximum atomic E-state index is 13.9. The van der Waals surface area contributed by atoms with Gasteiger partial charge >= 0.3 is 5.97 Å². The molecule has 0 amide bonds. The van der Waals surface area contributed by atoms with Gasteiger partial charge in [0, 0.05) is 10.2 Å². The number of thiazole rings is 1. The molecule has 3 aromatic rings. The van der Waals surface area contributed by atoms with E-state index >= 15 is 0 Å². The van der Waals surface area contributed by atoms with Crippen LogP contribution in [0.1, 0.15) is 21.6 Å². The highest BCUT2D eigenvalue weighted by Crippen LogP contribution is 2.37. The number of hydrogen-bond acceptors (Lipinski definition) is 4. The molecule has 0 atom stereocenters. The van der Waals surface area contributed by atoms with Gasteiger partial charge in [0.2, 0.25) is 0 Å². The van der Waals surface area contributed by atoms with Crippen LogP contribution in [0, 0.1) is 18.6 Å². The smallest absolute Gasteiger partial charge is 0.356 e. The molecule has 3 rings (SSSR count). The third kappa shape index (κ3) is 3.91. The molecule has 0 bridgehead atoms. The molecule has 1 aromatic heterocycles. The first-order valence-corrected chi connectivity index (χ1v) is 9.30. The lowest BCUT2D eigenvalue weighted by atomic mass is 10.1. The Hall–Kier alpha value is -2.58. The molecule has 0 aliphatic carbocycles. The zero-order chi connectivity index (χ0) is 19.7. The van der Waals surface area contributed by atoms with E-state index < -0.39 is 17.6 Å². The van der Waals surface area contributed by atoms with Gasteiger partial charge in [-0.2, -0.15) is 0 Å². The molecule has 0 aliphatic heterocycles. The molecule has 0 aliphatic rings. The number of aryl methyl sites for hydroxylation is 1. The first kappa shape index (κ1) is 19.2. The second kappa shape index (κ2) is 7.58. The SMILES string of the molecule is C=C(Nc1nc(C(=O)O)c(-c2cc(Br)ccc2C)s1)c1c(F)cccc1F. The summed E-state index contributed by atoms with van der Waals surface area (Å²) in [6, 6.07) is 8.98. The Balaban J connectivity index is 2.02. The monoisotopic (exact) mass is 450 g/mol. The van der Waals surface area contributed by atoms with E-state index in [0.29, 0.717) is 10.4 Å². The van der Waals surface area contributed by atoms with Crippen molar-refractivity contribution < 1.29 is 18.7 Å². The Morgan fingerprint density at radius 1 is 1.26 bits per heavy atom. The number of benzene rings is 2. The molecule has 8 heteroatoms. The minimum absolute atomic E-state index is 0.0474. The number of carboxylic acids is 1. The number of halogens is 3. The summed E-state index contributed by atoms with van der Waals surface area (Å²) in [7, 11) is 0. The number of aromatic carboxylic acids is 1. The van der Waals surface area contributed by atoms with E-state index in [1.54, 1.807) is 6.07 Å². The first-order chi connectivity index (χ1) is 12.8. The third-order valence-electron chi connectivity index (χ3n) is 3.80. The quantitative estimate of drug-likeness (QED) is 0.504. The van der Waals surface area contributed by atoms with Crippen LogP contribution in [0.5, 0.6) is 0 Å². The Labute approximate surface area is 166 Å². The summed E-state index contributed by atoms with van der Waals surface area (Å²) in [5, 5.41) is 12.4. The van der Waals surface area contributed by atoms with E-state index in [1.807, 2.05) is 19.1 Å². The van der Waals surface area contributed by atoms with E-state index in [4.69, 9.17) is 0 Å². The lowest BCUT2D eigenvalue weighted by Crippen LogP contribution is -2.03. The zero-order valence-electron chi connectivity index (χ0n) is 14.0. The van der Waals surface area contributed by atoms with Gasteiger partial charge in [0.15, 0.2) is 10.8 Å². The van der Waals surface area contributed by atoms with Gasteiger partial charge in [0.05, 0.1) is 10.4 Å². The summed E-state index contributed by atoms with van der Waals surface area (Å²) in [4.78, 5) is 16.1. The van der Waals surface area contributed by atoms with E-state index in [0.717, 1.165) is 33.5 Å². The molecule has 0 saturated heterocycles. The highest BCUT2D eigenvalue weighted by molar-refractivity contribution is 9.10. The van der Waals surface area contributed by atoms with E-state index in [9.17, 15) is 18.7 Å². The summed E-state index contributed by atoms with van der Waals surface area (Å²) in [5.74, 6) is -2.74. The van der Waals surface area contributed by atoms with Crippen molar-refractivity contribution in [2.45, 2.75) is 6.92 Å². The minimum Gasteiger partial charge on any atom is -0.476 e. The van der Waals surface area contributed by atoms with Gasteiger partial charge < -0.3 is 10.4 Å². The Morgan fingerprint density at radius 2 is 1.93 bits per heavy atom. The van der Waals surface area contributed by atoms with Crippen LogP contribution in [0.4, 0.5) is 13.9 Å². The van der Waals surface area contributed by atoms with Gasteiger partial charge in [-0.15, -0.1) is 0 Å². The average Bonchev–Trinajstić information content (AvgIpc) is 3.00. The molecule has 0 spiro atoms. The number of aromatic nitrogens is 1. The highest BCUT2D eigenvalue weighted by atomic mass is 79.9. The fourth-order valence-corrected chi connectivity index (χ4v) is 3.94. The topological polar surface area (TPSA) is 62.2 Å². The maximum absolute atomic E-state index is 13.9. The second-order valence-electron chi connectivity index (χ2n) is 5.66. The van der Waals surface area contributed by atoms with E-state index in [2.05, 4.69) is 32.8 Å². The fourth-order valence-electron chi connectivity index (χ4n) is 2.52. The van der Waals surface area contributed by atoms with Crippen molar-refractivity contribution in [2.75, 3.05) is 5.32 Å². The number of carboxylic acid groups (broad SMARTS) is 1. The van der Waals surface area contributed by atoms with Gasteiger partial charge in [-0.3, -0.25) is 0 Å². The summed E-state index contributed by atoms with van der Waals surface area (Å²) in [6.45, 7) is 5.51. The molecule has 138 valence electrons. The van der Waals surface area contributed by atoms with Crippen molar-refractivity contribution in [3.05, 3.63) is 75.9 Å². The largest absolute Gasteiger partial charge is 0.476 e. The van der Waals surface area contributed by atoms with Crippen LogP contribution in [0.15, 0.2) is 47.4 Å². The number of nitrogens with zero attached hydrogens (tertiary/aromatic N) is 1. The molecule has 0 saturated carbocycles. The molecular weight excluding hydrogens is 438 g/mol. The number of rotatable bonds is 5. The van der Waals surface area contributed by atoms with Gasteiger partial charge in [-0.05, 0) is 42.3 Å². The number of nitrogens with one attached hydrogen (secondary N) is 1. The Bertz CT molecular complexity index is 1050. The number of carbonyl (C=O) groups is 1. The normalized spacial score (nSPS) is 10.7. The molecule has 0 fully saturated rings. The van der Waals surface area contributed by atoms with Crippen molar-refractivity contribution in [3.63, 3.8) is 0 Å². The van der Waals surface area contributed by atoms with Gasteiger partial charge in [-0.25, -0.2) is 18.6 Å². The van der Waals surface area contributed by atoms with Crippen LogP contribution in [0.3, 0.4) is 0 Å². The van der Waals surface area contributed by atoms with E-state index in [-0.39, 0.29) is 22.1 Å². The molecule has 2 N–H and O–H groups in total. The second-order valence-corrected chi connectivity index (χ2v) is 7.58. The molecule has 1 heterocycles. The lowest BCUT2D eigenvalue weighted by molar-refractivity contribution is 0.0692. The molecule has 0 radical (unpaired) electrons. The highest BCUT2D eigenvalue weighted by Gasteiger charge is 2.22. The summed E-state index contributed by atoms with van der Waals surface area (Å²) >= 11 is 4.44. The zero-order valence-corrected chi connectivity index (χ0v) is 16.4. The Morgan fingerprint density at radius 3 is 2.56 bits per heavy atom. The number of hydrogen-bond donors (Lipinski definition) is 2. The van der Waals surface area contributed by atoms with Crippen LogP contribution < -0.4 is 5.32 Å². The predicted octanol–water partition coefficient (Wildman–Crippen LogP) is 5.94. The molecule has 2 aromatic carbocycles.